The molecule has 5 nitrogen and oxygen atoms in total. The normalized spacial score (nSPS) is 36.4. The van der Waals surface area contributed by atoms with E-state index in [4.69, 9.17) is 4.74 Å². The third kappa shape index (κ3) is 5.83. The van der Waals surface area contributed by atoms with E-state index in [1.54, 1.807) is 0 Å². The van der Waals surface area contributed by atoms with Crippen LogP contribution in [0.15, 0.2) is 0 Å². The molecule has 7 unspecified atom stereocenters. The van der Waals surface area contributed by atoms with Crippen LogP contribution in [0.3, 0.4) is 0 Å². The number of carbonyl (C=O) groups is 1. The molecule has 182 valence electrons. The maximum Gasteiger partial charge on any atom is 0.229 e. The molecule has 2 rings (SSSR count). The minimum Gasteiger partial charge on any atom is -0.389 e. The van der Waals surface area contributed by atoms with E-state index in [1.807, 2.05) is 6.92 Å². The van der Waals surface area contributed by atoms with Crippen LogP contribution in [0.1, 0.15) is 93.4 Å². The monoisotopic (exact) mass is 439 g/mol. The minimum atomic E-state index is -1.13. The smallest absolute Gasteiger partial charge is 0.229 e. The Morgan fingerprint density at radius 2 is 1.81 bits per heavy atom. The molecule has 5 heteroatoms. The third-order valence-corrected chi connectivity index (χ3v) is 8.64. The maximum absolute atomic E-state index is 13.4. The summed E-state index contributed by atoms with van der Waals surface area (Å²) >= 11 is 0. The molecule has 31 heavy (non-hydrogen) atoms. The van der Waals surface area contributed by atoms with Crippen molar-refractivity contribution in [3.8, 4) is 0 Å². The zero-order valence-electron chi connectivity index (χ0n) is 21.1. The van der Waals surface area contributed by atoms with Gasteiger partial charge in [-0.3, -0.25) is 4.79 Å². The summed E-state index contributed by atoms with van der Waals surface area (Å²) in [6.07, 6.45) is 4.80. The molecule has 3 N–H and O–H groups in total. The average Bonchev–Trinajstić information content (AvgIpc) is 2.71. The van der Waals surface area contributed by atoms with Gasteiger partial charge in [-0.25, -0.2) is 0 Å². The Morgan fingerprint density at radius 1 is 1.13 bits per heavy atom. The summed E-state index contributed by atoms with van der Waals surface area (Å²) in [6.45, 7) is 15.8. The molecule has 0 spiro atoms. The molecule has 0 bridgehead atoms. The summed E-state index contributed by atoms with van der Waals surface area (Å²) in [5.74, 6) is 1.11. The van der Waals surface area contributed by atoms with Crippen LogP contribution < -0.4 is 5.32 Å². The van der Waals surface area contributed by atoms with E-state index in [2.05, 4.69) is 46.9 Å². The maximum atomic E-state index is 13.4. The van der Waals surface area contributed by atoms with E-state index >= 15 is 0 Å². The van der Waals surface area contributed by atoms with Crippen LogP contribution in [0.2, 0.25) is 0 Å². The molecule has 2 fully saturated rings. The van der Waals surface area contributed by atoms with Crippen molar-refractivity contribution >= 4 is 5.91 Å². The summed E-state index contributed by atoms with van der Waals surface area (Å²) in [5, 5.41) is 25.5. The van der Waals surface area contributed by atoms with Crippen molar-refractivity contribution in [2.45, 2.75) is 112 Å². The third-order valence-electron chi connectivity index (χ3n) is 8.64. The van der Waals surface area contributed by atoms with E-state index in [0.717, 1.165) is 32.1 Å². The van der Waals surface area contributed by atoms with Gasteiger partial charge in [0.25, 0.3) is 0 Å². The second-order valence-electron chi connectivity index (χ2n) is 11.5. The zero-order valence-corrected chi connectivity index (χ0v) is 21.1. The van der Waals surface area contributed by atoms with E-state index in [0.29, 0.717) is 24.8 Å². The Morgan fingerprint density at radius 3 is 2.39 bits per heavy atom. The van der Waals surface area contributed by atoms with Crippen LogP contribution in [0, 0.1) is 34.5 Å². The van der Waals surface area contributed by atoms with Crippen molar-refractivity contribution in [1.29, 1.82) is 0 Å². The number of ether oxygens (including phenoxy) is 1. The number of hydrogen-bond acceptors (Lipinski definition) is 4. The Bertz CT molecular complexity index is 580. The van der Waals surface area contributed by atoms with Crippen molar-refractivity contribution in [2.24, 2.45) is 34.5 Å². The fraction of sp³-hybridized carbons (Fsp3) is 0.962. The molecule has 2 aliphatic carbocycles. The number of hydrogen-bond donors (Lipinski definition) is 3. The molecule has 0 aromatic carbocycles. The van der Waals surface area contributed by atoms with Gasteiger partial charge in [-0.05, 0) is 68.1 Å². The predicted molar refractivity (Wildman–Crippen MR) is 126 cm³/mol. The van der Waals surface area contributed by atoms with Crippen molar-refractivity contribution in [3.05, 3.63) is 0 Å². The van der Waals surface area contributed by atoms with Gasteiger partial charge >= 0.3 is 0 Å². The lowest BCUT2D eigenvalue weighted by Crippen LogP contribution is -2.60. The number of carbonyl (C=O) groups excluding carboxylic acids is 1. The molecule has 0 aromatic rings. The van der Waals surface area contributed by atoms with Gasteiger partial charge in [0.15, 0.2) is 0 Å². The fourth-order valence-electron chi connectivity index (χ4n) is 6.33. The SMILES string of the molecule is CCNC(=O)C1(C(O)C(O)COC2CCCC(C)(C(C)C)C2)CC(C)CCC1C(C)C. The summed E-state index contributed by atoms with van der Waals surface area (Å²) in [7, 11) is 0. The number of rotatable bonds is 9. The molecular weight excluding hydrogens is 390 g/mol. The molecule has 2 saturated carbocycles. The highest BCUT2D eigenvalue weighted by molar-refractivity contribution is 5.84. The first-order valence-electron chi connectivity index (χ1n) is 12.7. The van der Waals surface area contributed by atoms with Gasteiger partial charge < -0.3 is 20.3 Å². The van der Waals surface area contributed by atoms with Crippen LogP contribution in [-0.4, -0.2) is 47.6 Å². The van der Waals surface area contributed by atoms with Gasteiger partial charge in [0.05, 0.1) is 24.2 Å². The van der Waals surface area contributed by atoms with Crippen LogP contribution in [-0.2, 0) is 9.53 Å². The second kappa shape index (κ2) is 11.0. The number of nitrogens with one attached hydrogen (secondary N) is 1. The molecule has 0 radical (unpaired) electrons. The van der Waals surface area contributed by atoms with E-state index in [-0.39, 0.29) is 35.9 Å². The Kier molecular flexibility index (Phi) is 9.42. The van der Waals surface area contributed by atoms with E-state index in [1.165, 1.54) is 6.42 Å². The van der Waals surface area contributed by atoms with Gasteiger partial charge in [-0.2, -0.15) is 0 Å². The van der Waals surface area contributed by atoms with E-state index < -0.39 is 17.6 Å². The highest BCUT2D eigenvalue weighted by Gasteiger charge is 2.56. The largest absolute Gasteiger partial charge is 0.389 e. The second-order valence-corrected chi connectivity index (χ2v) is 11.5. The van der Waals surface area contributed by atoms with Gasteiger partial charge in [-0.1, -0.05) is 54.4 Å². The number of aliphatic hydroxyl groups excluding tert-OH is 2. The van der Waals surface area contributed by atoms with Crippen LogP contribution >= 0.6 is 0 Å². The van der Waals surface area contributed by atoms with Crippen LogP contribution in [0.4, 0.5) is 0 Å². The Balaban J connectivity index is 2.16. The molecule has 7 atom stereocenters. The standard InChI is InChI=1S/C26H49NO4/c1-8-27-24(30)26(14-19(6)11-12-21(26)17(2)3)23(29)22(28)16-31-20-10-9-13-25(7,15-20)18(4)5/h17-23,28-29H,8-16H2,1-7H3,(H,27,30). The first kappa shape index (κ1) is 26.6. The van der Waals surface area contributed by atoms with Crippen molar-refractivity contribution in [3.63, 3.8) is 0 Å². The van der Waals surface area contributed by atoms with E-state index in [9.17, 15) is 15.0 Å². The highest BCUT2D eigenvalue weighted by atomic mass is 16.5. The fourth-order valence-corrected chi connectivity index (χ4v) is 6.33. The summed E-state index contributed by atoms with van der Waals surface area (Å²) < 4.78 is 6.17. The van der Waals surface area contributed by atoms with Crippen molar-refractivity contribution < 1.29 is 19.7 Å². The molecule has 1 amide bonds. The van der Waals surface area contributed by atoms with Gasteiger partial charge in [0.1, 0.15) is 6.10 Å². The topological polar surface area (TPSA) is 78.8 Å². The van der Waals surface area contributed by atoms with Gasteiger partial charge in [0.2, 0.25) is 5.91 Å². The summed E-state index contributed by atoms with van der Waals surface area (Å²) in [4.78, 5) is 13.4. The van der Waals surface area contributed by atoms with Crippen molar-refractivity contribution in [1.82, 2.24) is 5.32 Å². The zero-order chi connectivity index (χ0) is 23.4. The van der Waals surface area contributed by atoms with Crippen LogP contribution in [0.5, 0.6) is 0 Å². The molecule has 0 heterocycles. The lowest BCUT2D eigenvalue weighted by Gasteiger charge is -2.50. The van der Waals surface area contributed by atoms with Crippen LogP contribution in [0.25, 0.3) is 0 Å². The van der Waals surface area contributed by atoms with Gasteiger partial charge in [-0.15, -0.1) is 0 Å². The Hall–Kier alpha value is -0.650. The lowest BCUT2D eigenvalue weighted by molar-refractivity contribution is -0.173. The number of amides is 1. The molecular formula is C26H49NO4. The predicted octanol–water partition coefficient (Wildman–Crippen LogP) is 4.54. The summed E-state index contributed by atoms with van der Waals surface area (Å²) in [5.41, 5.74) is -0.708. The number of aliphatic hydroxyl groups is 2. The van der Waals surface area contributed by atoms with Gasteiger partial charge in [0, 0.05) is 6.54 Å². The molecule has 2 aliphatic rings. The Labute approximate surface area is 190 Å². The summed E-state index contributed by atoms with van der Waals surface area (Å²) in [6, 6.07) is 0. The quantitative estimate of drug-likeness (QED) is 0.493. The minimum absolute atomic E-state index is 0.0406. The lowest BCUT2D eigenvalue weighted by atomic mass is 9.56. The first-order valence-corrected chi connectivity index (χ1v) is 12.7. The molecule has 0 aliphatic heterocycles. The van der Waals surface area contributed by atoms with Crippen molar-refractivity contribution in [2.75, 3.05) is 13.2 Å². The molecule has 0 saturated heterocycles. The first-order chi connectivity index (χ1) is 14.5. The highest BCUT2D eigenvalue weighted by Crippen LogP contribution is 2.50. The average molecular weight is 440 g/mol. The molecule has 0 aromatic heterocycles.